The molecule has 7 nitrogen and oxygen atoms in total. The molecule has 2 saturated heterocycles. The standard InChI is InChI=1S/C18H22N4O3SSi/c1-21(17(23)20-27-8-5-22(6-9-27)12-10-24-11-12)18-19-16-13-4-7-25-14(13)2-3-15(16)26-18/h2-3,12,27H,1,4-11H2/p+1. The van der Waals surface area contributed by atoms with Gasteiger partial charge in [0, 0.05) is 18.7 Å². The maximum Gasteiger partial charge on any atom is 0.429 e. The fourth-order valence-corrected chi connectivity index (χ4v) is 7.25. The Hall–Kier alpha value is -1.81. The summed E-state index contributed by atoms with van der Waals surface area (Å²) in [4.78, 5) is 23.1. The topological polar surface area (TPSA) is 66.7 Å². The molecule has 2 aromatic rings. The second kappa shape index (κ2) is 6.97. The first kappa shape index (κ1) is 17.3. The van der Waals surface area contributed by atoms with Gasteiger partial charge in [-0.15, -0.1) is 0 Å². The van der Waals surface area contributed by atoms with Crippen LogP contribution < -0.4 is 9.72 Å². The number of thiazole rings is 1. The van der Waals surface area contributed by atoms with Crippen LogP contribution in [0.2, 0.25) is 12.1 Å². The largest absolute Gasteiger partial charge is 0.493 e. The van der Waals surface area contributed by atoms with E-state index in [1.54, 1.807) is 0 Å². The van der Waals surface area contributed by atoms with E-state index >= 15 is 0 Å². The Balaban J connectivity index is 1.24. The van der Waals surface area contributed by atoms with Crippen molar-refractivity contribution in [1.82, 2.24) is 14.9 Å². The number of hydrogen-bond donors (Lipinski definition) is 1. The number of benzene rings is 1. The van der Waals surface area contributed by atoms with Crippen LogP contribution in [0.15, 0.2) is 12.1 Å². The van der Waals surface area contributed by atoms with Crippen LogP contribution in [0.3, 0.4) is 0 Å². The first-order valence-electron chi connectivity index (χ1n) is 9.47. The van der Waals surface area contributed by atoms with Gasteiger partial charge in [-0.05, 0) is 37.3 Å². The second-order valence-corrected chi connectivity index (χ2v) is 11.2. The molecule has 4 heterocycles. The lowest BCUT2D eigenvalue weighted by Crippen LogP contribution is -2.55. The second-order valence-electron chi connectivity index (χ2n) is 7.36. The molecule has 1 aromatic carbocycles. The number of ether oxygens (including phenoxy) is 2. The number of fused-ring (bicyclic) bond motifs is 3. The van der Waals surface area contributed by atoms with E-state index in [0.717, 1.165) is 66.3 Å². The maximum absolute atomic E-state index is 12.7. The van der Waals surface area contributed by atoms with Crippen LogP contribution in [-0.4, -0.2) is 75.1 Å². The van der Waals surface area contributed by atoms with Crippen LogP contribution in [0.1, 0.15) is 5.56 Å². The summed E-state index contributed by atoms with van der Waals surface area (Å²) < 4.78 is 13.4. The summed E-state index contributed by atoms with van der Waals surface area (Å²) >= 11 is 1.51. The lowest BCUT2D eigenvalue weighted by Gasteiger charge is -2.40. The predicted octanol–water partition coefficient (Wildman–Crippen LogP) is 1.72. The summed E-state index contributed by atoms with van der Waals surface area (Å²) in [7, 11) is -1.29. The van der Waals surface area contributed by atoms with Gasteiger partial charge in [-0.2, -0.15) is 4.58 Å². The highest BCUT2D eigenvalue weighted by Gasteiger charge is 2.33. The number of nitrogens with zero attached hydrogens (tertiary/aromatic N) is 3. The number of aromatic nitrogens is 1. The van der Waals surface area contributed by atoms with E-state index < -0.39 is 8.96 Å². The molecule has 0 radical (unpaired) electrons. The van der Waals surface area contributed by atoms with E-state index in [2.05, 4.69) is 21.6 Å². The highest BCUT2D eigenvalue weighted by Crippen LogP contribution is 2.37. The van der Waals surface area contributed by atoms with Gasteiger partial charge in [-0.25, -0.2) is 4.79 Å². The summed E-state index contributed by atoms with van der Waals surface area (Å²) in [6.45, 7) is 8.51. The Morgan fingerprint density at radius 3 is 2.93 bits per heavy atom. The Morgan fingerprint density at radius 1 is 1.37 bits per heavy atom. The number of hydrogen-bond acceptors (Lipinski definition) is 6. The Bertz CT molecular complexity index is 905. The van der Waals surface area contributed by atoms with Gasteiger partial charge in [-0.3, -0.25) is 4.90 Å². The third-order valence-corrected chi connectivity index (χ3v) is 9.30. The van der Waals surface area contributed by atoms with Gasteiger partial charge in [0.2, 0.25) is 8.96 Å². The normalized spacial score (nSPS) is 20.9. The third-order valence-electron chi connectivity index (χ3n) is 5.69. The molecule has 3 aliphatic rings. The van der Waals surface area contributed by atoms with Gasteiger partial charge in [0.1, 0.15) is 5.75 Å². The van der Waals surface area contributed by atoms with Crippen molar-refractivity contribution < 1.29 is 18.8 Å². The summed E-state index contributed by atoms with van der Waals surface area (Å²) in [5.74, 6) is 0.912. The van der Waals surface area contributed by atoms with Crippen LogP contribution >= 0.6 is 11.3 Å². The molecule has 0 saturated carbocycles. The quantitative estimate of drug-likeness (QED) is 0.480. The van der Waals surface area contributed by atoms with Crippen LogP contribution in [0.4, 0.5) is 9.93 Å². The molecule has 0 aliphatic carbocycles. The molecule has 5 rings (SSSR count). The van der Waals surface area contributed by atoms with E-state index in [1.807, 2.05) is 12.1 Å². The summed E-state index contributed by atoms with van der Waals surface area (Å²) in [5.41, 5.74) is 2.09. The first-order chi connectivity index (χ1) is 13.2. The Kier molecular flexibility index (Phi) is 4.47. The average molecular weight is 404 g/mol. The molecular formula is C18H23N4O3SSi+. The smallest absolute Gasteiger partial charge is 0.429 e. The number of urea groups is 1. The van der Waals surface area contributed by atoms with Crippen molar-refractivity contribution >= 4 is 48.4 Å². The zero-order valence-electron chi connectivity index (χ0n) is 15.1. The first-order valence-corrected chi connectivity index (χ1v) is 12.5. The fourth-order valence-electron chi connectivity index (χ4n) is 3.96. The van der Waals surface area contributed by atoms with Crippen LogP contribution in [0.25, 0.3) is 10.2 Å². The van der Waals surface area contributed by atoms with Crippen molar-refractivity contribution in [3.05, 3.63) is 17.7 Å². The van der Waals surface area contributed by atoms with Crippen molar-refractivity contribution in [1.29, 1.82) is 0 Å². The van der Waals surface area contributed by atoms with Crippen molar-refractivity contribution in [2.75, 3.05) is 32.9 Å². The molecule has 0 unspecified atom stereocenters. The maximum atomic E-state index is 12.7. The minimum Gasteiger partial charge on any atom is -0.493 e. The molecule has 1 N–H and O–H groups in total. The minimum absolute atomic E-state index is 0.126. The fraction of sp³-hybridized carbons (Fsp3) is 0.500. The minimum atomic E-state index is -1.29. The summed E-state index contributed by atoms with van der Waals surface area (Å²) in [6, 6.07) is 6.67. The van der Waals surface area contributed by atoms with E-state index in [9.17, 15) is 4.79 Å². The zero-order chi connectivity index (χ0) is 18.4. The predicted molar refractivity (Wildman–Crippen MR) is 107 cm³/mol. The van der Waals surface area contributed by atoms with E-state index in [4.69, 9.17) is 9.47 Å². The lowest BCUT2D eigenvalue weighted by molar-refractivity contribution is -0.321. The van der Waals surface area contributed by atoms with Crippen molar-refractivity contribution in [3.63, 3.8) is 0 Å². The molecule has 1 aromatic heterocycles. The molecule has 27 heavy (non-hydrogen) atoms. The van der Waals surface area contributed by atoms with Crippen molar-refractivity contribution in [3.8, 4) is 5.75 Å². The number of carbonyl (C=O) groups is 1. The lowest BCUT2D eigenvalue weighted by atomic mass is 10.1. The highest BCUT2D eigenvalue weighted by molar-refractivity contribution is 7.21. The molecule has 3 aliphatic heterocycles. The highest BCUT2D eigenvalue weighted by atomic mass is 32.1. The molecule has 142 valence electrons. The Labute approximate surface area is 163 Å². The third kappa shape index (κ3) is 3.18. The molecule has 9 heteroatoms. The molecule has 2 fully saturated rings. The SMILES string of the molecule is C=[N+](C(=O)N[SiH]1CCN(C2COC2)CC1)c1nc2c3c(ccc2s1)OCC3. The van der Waals surface area contributed by atoms with Crippen molar-refractivity contribution in [2.45, 2.75) is 24.6 Å². The van der Waals surface area contributed by atoms with E-state index in [0.29, 0.717) is 17.8 Å². The van der Waals surface area contributed by atoms with Gasteiger partial charge >= 0.3 is 11.2 Å². The molecule has 0 bridgehead atoms. The summed E-state index contributed by atoms with van der Waals surface area (Å²) in [5, 5.41) is 0.640. The Morgan fingerprint density at radius 2 is 2.19 bits per heavy atom. The van der Waals surface area contributed by atoms with E-state index in [1.165, 1.54) is 15.9 Å². The molecule has 0 spiro atoms. The van der Waals surface area contributed by atoms with Gasteiger partial charge in [-0.1, -0.05) is 16.3 Å². The number of rotatable bonds is 3. The van der Waals surface area contributed by atoms with Gasteiger partial charge in [0.25, 0.3) is 0 Å². The molecular weight excluding hydrogens is 380 g/mol. The van der Waals surface area contributed by atoms with Gasteiger partial charge in [0.05, 0.1) is 30.6 Å². The zero-order valence-corrected chi connectivity index (χ0v) is 17.1. The van der Waals surface area contributed by atoms with Crippen LogP contribution in [-0.2, 0) is 11.2 Å². The number of nitrogens with one attached hydrogen (secondary N) is 1. The van der Waals surface area contributed by atoms with E-state index in [-0.39, 0.29) is 6.03 Å². The van der Waals surface area contributed by atoms with Crippen molar-refractivity contribution in [2.24, 2.45) is 0 Å². The monoisotopic (exact) mass is 403 g/mol. The summed E-state index contributed by atoms with van der Waals surface area (Å²) in [6.07, 6.45) is 0.872. The molecule has 0 atom stereocenters. The molecule has 2 amide bonds. The number of amides is 2. The van der Waals surface area contributed by atoms with Gasteiger partial charge in [0.15, 0.2) is 5.52 Å². The van der Waals surface area contributed by atoms with Crippen LogP contribution in [0, 0.1) is 0 Å². The van der Waals surface area contributed by atoms with Crippen LogP contribution in [0.5, 0.6) is 5.75 Å². The number of carbonyl (C=O) groups excluding carboxylic acids is 1. The average Bonchev–Trinajstić information content (AvgIpc) is 3.27. The van der Waals surface area contributed by atoms with Gasteiger partial charge < -0.3 is 14.5 Å².